The van der Waals surface area contributed by atoms with Crippen molar-refractivity contribution >= 4 is 27.6 Å². The van der Waals surface area contributed by atoms with Crippen molar-refractivity contribution in [2.24, 2.45) is 0 Å². The zero-order valence-corrected chi connectivity index (χ0v) is 14.0. The molecule has 5 nitrogen and oxygen atoms in total. The van der Waals surface area contributed by atoms with E-state index < -0.39 is 0 Å². The monoisotopic (exact) mass is 342 g/mol. The Morgan fingerprint density at radius 1 is 1.40 bits per heavy atom. The van der Waals surface area contributed by atoms with Crippen molar-refractivity contribution in [1.29, 1.82) is 0 Å². The van der Waals surface area contributed by atoms with Gasteiger partial charge < -0.3 is 15.4 Å². The first-order valence-electron chi connectivity index (χ1n) is 7.16. The molecule has 0 spiro atoms. The number of halogens is 1. The SMILES string of the molecule is CCCNc1ncnc(NC2CCOC(C)(C)C2)c1Br. The van der Waals surface area contributed by atoms with E-state index >= 15 is 0 Å². The third kappa shape index (κ3) is 4.06. The van der Waals surface area contributed by atoms with Crippen LogP contribution >= 0.6 is 15.9 Å². The smallest absolute Gasteiger partial charge is 0.146 e. The lowest BCUT2D eigenvalue weighted by Gasteiger charge is -2.36. The maximum Gasteiger partial charge on any atom is 0.146 e. The summed E-state index contributed by atoms with van der Waals surface area (Å²) < 4.78 is 6.64. The van der Waals surface area contributed by atoms with E-state index in [1.54, 1.807) is 6.33 Å². The second-order valence-corrected chi connectivity index (χ2v) is 6.55. The van der Waals surface area contributed by atoms with E-state index in [4.69, 9.17) is 4.74 Å². The molecule has 1 aromatic rings. The van der Waals surface area contributed by atoms with Gasteiger partial charge in [0.05, 0.1) is 5.60 Å². The van der Waals surface area contributed by atoms with Crippen LogP contribution in [0.5, 0.6) is 0 Å². The van der Waals surface area contributed by atoms with Gasteiger partial charge in [0.2, 0.25) is 0 Å². The molecular formula is C14H23BrN4O. The standard InChI is InChI=1S/C14H23BrN4O/c1-4-6-16-12-11(15)13(18-9-17-12)19-10-5-7-20-14(2,3)8-10/h9-10H,4-8H2,1-3H3,(H2,16,17,18,19). The molecule has 1 fully saturated rings. The van der Waals surface area contributed by atoms with Crippen LogP contribution in [0.2, 0.25) is 0 Å². The van der Waals surface area contributed by atoms with E-state index in [2.05, 4.69) is 57.3 Å². The predicted octanol–water partition coefficient (Wildman–Crippen LogP) is 3.43. The normalized spacial score (nSPS) is 21.5. The zero-order valence-electron chi connectivity index (χ0n) is 12.4. The number of ether oxygens (including phenoxy) is 1. The number of aromatic nitrogens is 2. The second kappa shape index (κ2) is 6.72. The summed E-state index contributed by atoms with van der Waals surface area (Å²) in [5, 5.41) is 6.80. The van der Waals surface area contributed by atoms with Gasteiger partial charge in [-0.3, -0.25) is 0 Å². The van der Waals surface area contributed by atoms with Crippen LogP contribution < -0.4 is 10.6 Å². The molecule has 20 heavy (non-hydrogen) atoms. The van der Waals surface area contributed by atoms with Crippen LogP contribution in [0, 0.1) is 0 Å². The quantitative estimate of drug-likeness (QED) is 0.858. The average Bonchev–Trinajstić information content (AvgIpc) is 2.39. The average molecular weight is 343 g/mol. The lowest BCUT2D eigenvalue weighted by Crippen LogP contribution is -2.40. The molecule has 2 rings (SSSR count). The van der Waals surface area contributed by atoms with Crippen molar-refractivity contribution in [3.8, 4) is 0 Å². The van der Waals surface area contributed by atoms with Crippen LogP contribution in [-0.4, -0.2) is 34.8 Å². The van der Waals surface area contributed by atoms with E-state index in [0.29, 0.717) is 6.04 Å². The number of nitrogens with one attached hydrogen (secondary N) is 2. The molecule has 6 heteroatoms. The van der Waals surface area contributed by atoms with Crippen LogP contribution in [0.4, 0.5) is 11.6 Å². The summed E-state index contributed by atoms with van der Waals surface area (Å²) in [6.45, 7) is 8.08. The van der Waals surface area contributed by atoms with Gasteiger partial charge in [-0.25, -0.2) is 9.97 Å². The van der Waals surface area contributed by atoms with Gasteiger partial charge in [0.15, 0.2) is 0 Å². The minimum atomic E-state index is -0.0707. The number of hydrogen-bond acceptors (Lipinski definition) is 5. The molecule has 1 atom stereocenters. The number of hydrogen-bond donors (Lipinski definition) is 2. The van der Waals surface area contributed by atoms with Crippen molar-refractivity contribution in [1.82, 2.24) is 9.97 Å². The Morgan fingerprint density at radius 2 is 2.15 bits per heavy atom. The highest BCUT2D eigenvalue weighted by atomic mass is 79.9. The molecule has 1 saturated heterocycles. The van der Waals surface area contributed by atoms with Crippen LogP contribution in [0.1, 0.15) is 40.0 Å². The number of anilines is 2. The van der Waals surface area contributed by atoms with Gasteiger partial charge in [0, 0.05) is 19.2 Å². The van der Waals surface area contributed by atoms with E-state index in [9.17, 15) is 0 Å². The molecule has 0 aliphatic carbocycles. The fourth-order valence-corrected chi connectivity index (χ4v) is 2.84. The molecule has 0 saturated carbocycles. The first kappa shape index (κ1) is 15.5. The Morgan fingerprint density at radius 3 is 2.85 bits per heavy atom. The molecule has 1 aromatic heterocycles. The van der Waals surface area contributed by atoms with E-state index in [-0.39, 0.29) is 5.60 Å². The summed E-state index contributed by atoms with van der Waals surface area (Å²) in [4.78, 5) is 8.60. The highest BCUT2D eigenvalue weighted by Crippen LogP contribution is 2.30. The first-order valence-corrected chi connectivity index (χ1v) is 7.96. The molecule has 2 heterocycles. The Balaban J connectivity index is 2.05. The van der Waals surface area contributed by atoms with Gasteiger partial charge in [0.1, 0.15) is 22.4 Å². The molecule has 1 aliphatic heterocycles. The van der Waals surface area contributed by atoms with Gasteiger partial charge in [-0.1, -0.05) is 6.92 Å². The Bertz CT molecular complexity index is 453. The summed E-state index contributed by atoms with van der Waals surface area (Å²) in [6, 6.07) is 0.379. The molecule has 0 radical (unpaired) electrons. The molecule has 1 unspecified atom stereocenters. The second-order valence-electron chi connectivity index (χ2n) is 5.75. The molecule has 0 aromatic carbocycles. The topological polar surface area (TPSA) is 59.1 Å². The Hall–Kier alpha value is -0.880. The van der Waals surface area contributed by atoms with E-state index in [1.807, 2.05) is 0 Å². The van der Waals surface area contributed by atoms with Crippen molar-refractivity contribution in [2.75, 3.05) is 23.8 Å². The summed E-state index contributed by atoms with van der Waals surface area (Å²) in [5.41, 5.74) is -0.0707. The molecule has 0 bridgehead atoms. The van der Waals surface area contributed by atoms with Gasteiger partial charge in [-0.05, 0) is 49.0 Å². The van der Waals surface area contributed by atoms with Crippen molar-refractivity contribution < 1.29 is 4.74 Å². The summed E-state index contributed by atoms with van der Waals surface area (Å²) in [5.74, 6) is 1.69. The third-order valence-corrected chi connectivity index (χ3v) is 4.12. The minimum Gasteiger partial charge on any atom is -0.375 e. The van der Waals surface area contributed by atoms with Crippen molar-refractivity contribution in [3.05, 3.63) is 10.8 Å². The van der Waals surface area contributed by atoms with E-state index in [0.717, 1.165) is 48.5 Å². The number of nitrogens with zero attached hydrogens (tertiary/aromatic N) is 2. The highest BCUT2D eigenvalue weighted by Gasteiger charge is 2.29. The van der Waals surface area contributed by atoms with Gasteiger partial charge in [0.25, 0.3) is 0 Å². The van der Waals surface area contributed by atoms with E-state index in [1.165, 1.54) is 0 Å². The van der Waals surface area contributed by atoms with Crippen LogP contribution in [0.15, 0.2) is 10.8 Å². The van der Waals surface area contributed by atoms with Crippen LogP contribution in [0.3, 0.4) is 0 Å². The fraction of sp³-hybridized carbons (Fsp3) is 0.714. The lowest BCUT2D eigenvalue weighted by atomic mass is 9.94. The minimum absolute atomic E-state index is 0.0707. The van der Waals surface area contributed by atoms with Crippen molar-refractivity contribution in [3.63, 3.8) is 0 Å². The van der Waals surface area contributed by atoms with Gasteiger partial charge >= 0.3 is 0 Å². The molecule has 2 N–H and O–H groups in total. The summed E-state index contributed by atoms with van der Waals surface area (Å²) in [7, 11) is 0. The van der Waals surface area contributed by atoms with Crippen LogP contribution in [0.25, 0.3) is 0 Å². The third-order valence-electron chi connectivity index (χ3n) is 3.37. The molecule has 112 valence electrons. The maximum absolute atomic E-state index is 5.74. The lowest BCUT2D eigenvalue weighted by molar-refractivity contribution is -0.0553. The zero-order chi connectivity index (χ0) is 14.6. The van der Waals surface area contributed by atoms with Gasteiger partial charge in [-0.2, -0.15) is 0 Å². The first-order chi connectivity index (χ1) is 9.52. The molecule has 0 amide bonds. The summed E-state index contributed by atoms with van der Waals surface area (Å²) in [6.07, 6.45) is 4.63. The Labute approximate surface area is 129 Å². The largest absolute Gasteiger partial charge is 0.375 e. The molecule has 1 aliphatic rings. The van der Waals surface area contributed by atoms with Crippen LogP contribution in [-0.2, 0) is 4.74 Å². The van der Waals surface area contributed by atoms with Gasteiger partial charge in [-0.15, -0.1) is 0 Å². The number of rotatable bonds is 5. The predicted molar refractivity (Wildman–Crippen MR) is 85.2 cm³/mol. The summed E-state index contributed by atoms with van der Waals surface area (Å²) >= 11 is 3.59. The molecular weight excluding hydrogens is 320 g/mol. The fourth-order valence-electron chi connectivity index (χ4n) is 2.39. The maximum atomic E-state index is 5.74. The van der Waals surface area contributed by atoms with Crippen molar-refractivity contribution in [2.45, 2.75) is 51.7 Å². The Kier molecular flexibility index (Phi) is 5.21. The highest BCUT2D eigenvalue weighted by molar-refractivity contribution is 9.10.